The molecule has 5 aromatic carbocycles. The van der Waals surface area contributed by atoms with Crippen LogP contribution in [0, 0.1) is 17.5 Å². The SMILES string of the molecule is B=c1c(C/C(B)=C2\C(=C(\B)C#C)c3c(B)c(B)c(B)c(B)c3C2(C)C)c2c(B)c(B)c(B)c(B)c2c(-c2cccc(-n3c(CC)nc4ccccc43)c2)/c1=C(B)/C(B)=C(/B)C. The van der Waals surface area contributed by atoms with Crippen LogP contribution in [-0.2, 0) is 18.3 Å². The number of imidazole rings is 1. The number of hydrogen-bond acceptors (Lipinski definition) is 1. The van der Waals surface area contributed by atoms with Gasteiger partial charge in [-0.15, -0.1) is 0 Å². The number of nitrogens with zero attached hydrogens (tertiary/aromatic N) is 2. The van der Waals surface area contributed by atoms with Gasteiger partial charge in [0.1, 0.15) is 0 Å². The van der Waals surface area contributed by atoms with Gasteiger partial charge in [0.25, 0.3) is 0 Å². The molecule has 0 fully saturated rings. The van der Waals surface area contributed by atoms with Crippen molar-refractivity contribution in [3.05, 3.63) is 109 Å². The number of fused-ring (bicyclic) bond motifs is 3. The van der Waals surface area contributed by atoms with Crippen molar-refractivity contribution in [3.8, 4) is 29.2 Å². The predicted octanol–water partition coefficient (Wildman–Crippen LogP) is -9.74. The fraction of sp³-hybridized carbons (Fsp3) is 0.156. The second-order valence-electron chi connectivity index (χ2n) is 18.8. The molecule has 0 bridgehead atoms. The quantitative estimate of drug-likeness (QED) is 0.122. The Labute approximate surface area is 377 Å². The van der Waals surface area contributed by atoms with Crippen LogP contribution in [0.15, 0.2) is 76.0 Å². The first-order valence-electron chi connectivity index (χ1n) is 22.2. The van der Waals surface area contributed by atoms with E-state index in [9.17, 15) is 0 Å². The summed E-state index contributed by atoms with van der Waals surface area (Å²) in [5.41, 5.74) is 29.1. The molecule has 6 aromatic rings. The molecule has 1 aliphatic carbocycles. The third-order valence-corrected chi connectivity index (χ3v) is 15.1. The Balaban J connectivity index is 1.65. The summed E-state index contributed by atoms with van der Waals surface area (Å²) in [6, 6.07) is 17.6. The van der Waals surface area contributed by atoms with Gasteiger partial charge in [-0.3, -0.25) is 0 Å². The Morgan fingerprint density at radius 2 is 1.38 bits per heavy atom. The zero-order chi connectivity index (χ0) is 44.7. The van der Waals surface area contributed by atoms with Crippen LogP contribution in [0.2, 0.25) is 0 Å². The molecular weight excluding hydrogens is 720 g/mol. The first kappa shape index (κ1) is 44.4. The molecular formula is C45H52B14N2. The third kappa shape index (κ3) is 6.80. The van der Waals surface area contributed by atoms with Gasteiger partial charge >= 0.3 is 380 Å². The number of aryl methyl sites for hydroxylation is 1. The van der Waals surface area contributed by atoms with Crippen LogP contribution in [0.3, 0.4) is 0 Å². The van der Waals surface area contributed by atoms with E-state index in [1.54, 1.807) is 0 Å². The molecule has 2 nitrogen and oxygen atoms in total. The number of hydrogen-bond donors (Lipinski definition) is 0. The molecule has 284 valence electrons. The van der Waals surface area contributed by atoms with Crippen molar-refractivity contribution in [2.45, 2.75) is 46.0 Å². The van der Waals surface area contributed by atoms with Gasteiger partial charge in [-0.1, -0.05) is 0 Å². The molecule has 7 rings (SSSR count). The van der Waals surface area contributed by atoms with Crippen LogP contribution in [0.5, 0.6) is 0 Å². The van der Waals surface area contributed by atoms with E-state index in [-0.39, 0.29) is 5.41 Å². The topological polar surface area (TPSA) is 17.8 Å². The molecule has 0 amide bonds. The Hall–Kier alpha value is -4.61. The third-order valence-electron chi connectivity index (χ3n) is 15.1. The van der Waals surface area contributed by atoms with E-state index in [4.69, 9.17) is 18.9 Å². The Bertz CT molecular complexity index is 3200. The first-order valence-corrected chi connectivity index (χ1v) is 22.2. The average molecular weight is 772 g/mol. The number of benzene rings is 5. The van der Waals surface area contributed by atoms with E-state index >= 15 is 0 Å². The zero-order valence-corrected chi connectivity index (χ0v) is 40.2. The second kappa shape index (κ2) is 16.3. The molecule has 0 spiro atoms. The van der Waals surface area contributed by atoms with Gasteiger partial charge in [0.2, 0.25) is 0 Å². The van der Waals surface area contributed by atoms with E-state index in [0.717, 1.165) is 46.0 Å². The predicted molar refractivity (Wildman–Crippen MR) is 309 cm³/mol. The molecule has 0 saturated carbocycles. The Kier molecular flexibility index (Phi) is 11.8. The van der Waals surface area contributed by atoms with Crippen molar-refractivity contribution < 1.29 is 0 Å². The van der Waals surface area contributed by atoms with Crippen molar-refractivity contribution in [1.82, 2.24) is 9.55 Å². The maximum atomic E-state index is 6.34. The summed E-state index contributed by atoms with van der Waals surface area (Å²) in [7, 11) is 34.9. The van der Waals surface area contributed by atoms with Gasteiger partial charge in [0.05, 0.1) is 0 Å². The van der Waals surface area contributed by atoms with E-state index < -0.39 is 0 Å². The molecule has 0 unspecified atom stereocenters. The summed E-state index contributed by atoms with van der Waals surface area (Å²) < 4.78 is 2.35. The van der Waals surface area contributed by atoms with Crippen LogP contribution in [0.4, 0.5) is 0 Å². The fourth-order valence-corrected chi connectivity index (χ4v) is 11.0. The van der Waals surface area contributed by atoms with Gasteiger partial charge < -0.3 is 0 Å². The Morgan fingerprint density at radius 1 is 0.770 bits per heavy atom. The summed E-state index contributed by atoms with van der Waals surface area (Å²) >= 11 is 0. The molecule has 1 aromatic heterocycles. The monoisotopic (exact) mass is 775 g/mol. The number of aromatic nitrogens is 2. The molecule has 1 heterocycles. The molecule has 0 N–H and O–H groups in total. The molecule has 0 radical (unpaired) electrons. The van der Waals surface area contributed by atoms with Gasteiger partial charge in [-0.25, -0.2) is 0 Å². The summed E-state index contributed by atoms with van der Waals surface area (Å²) in [5, 5.41) is 4.98. The van der Waals surface area contributed by atoms with Crippen molar-refractivity contribution in [2.75, 3.05) is 0 Å². The van der Waals surface area contributed by atoms with Gasteiger partial charge in [-0.05, 0) is 0 Å². The molecule has 0 saturated heterocycles. The normalized spacial score (nSPS) is 16.0. The zero-order valence-electron chi connectivity index (χ0n) is 40.2. The number of rotatable bonds is 6. The number of allylic oxidation sites excluding steroid dienone is 6. The van der Waals surface area contributed by atoms with Gasteiger partial charge in [0.15, 0.2) is 0 Å². The van der Waals surface area contributed by atoms with Crippen LogP contribution in [-0.4, -0.2) is 119 Å². The standard InChI is InChI=1S/C45H52B14N2/c1-6-21(47)28-30-33(40(55)44(59)43(58)38(30)53)45(4,5)32(28)22(48)16-20-27-29(37(52)42(57)41(56)36(27)51)26(31(35(20)50)39(54)34(49)17(3)46)18-11-10-12-19(15-18)61-24-14-9-8-13-23(24)60-25(61)7-2/h1,8-15,50H,7,16,46-49,51-59H2,2-5H3/b28-21+,32-22-,34-17-,39-31+. The van der Waals surface area contributed by atoms with Gasteiger partial charge in [0, 0.05) is 0 Å². The van der Waals surface area contributed by atoms with Crippen molar-refractivity contribution in [1.29, 1.82) is 0 Å². The molecule has 16 heteroatoms. The average Bonchev–Trinajstić information content (AvgIpc) is 3.74. The summed E-state index contributed by atoms with van der Waals surface area (Å²) in [6.07, 6.45) is 7.94. The minimum absolute atomic E-state index is 0.243. The van der Waals surface area contributed by atoms with Gasteiger partial charge in [-0.2, -0.15) is 0 Å². The Morgan fingerprint density at radius 3 is 2.00 bits per heavy atom. The van der Waals surface area contributed by atoms with E-state index in [1.165, 1.54) is 121 Å². The molecule has 61 heavy (non-hydrogen) atoms. The van der Waals surface area contributed by atoms with Crippen molar-refractivity contribution in [2.24, 2.45) is 0 Å². The van der Waals surface area contributed by atoms with E-state index in [2.05, 4.69) is 189 Å². The number of para-hydroxylation sites is 2. The molecule has 0 atom stereocenters. The van der Waals surface area contributed by atoms with Crippen molar-refractivity contribution in [3.63, 3.8) is 0 Å². The second-order valence-corrected chi connectivity index (χ2v) is 18.8. The minimum atomic E-state index is -0.243. The van der Waals surface area contributed by atoms with Crippen LogP contribution in [0.25, 0.3) is 49.7 Å². The summed E-state index contributed by atoms with van der Waals surface area (Å²) in [6.45, 7) is 9.25. The summed E-state index contributed by atoms with van der Waals surface area (Å²) in [5.74, 6) is 4.17. The molecule has 1 aliphatic rings. The van der Waals surface area contributed by atoms with Crippen LogP contribution < -0.4 is 48.9 Å². The van der Waals surface area contributed by atoms with E-state index in [1.807, 2.05) is 0 Å². The van der Waals surface area contributed by atoms with Crippen molar-refractivity contribution >= 4 is 186 Å². The maximum absolute atomic E-state index is 6.34. The first-order chi connectivity index (χ1) is 28.7. The van der Waals surface area contributed by atoms with Crippen LogP contribution >= 0.6 is 0 Å². The number of terminal acetylenes is 1. The molecule has 0 aliphatic heterocycles. The van der Waals surface area contributed by atoms with E-state index in [0.29, 0.717) is 0 Å². The summed E-state index contributed by atoms with van der Waals surface area (Å²) in [4.78, 5) is 5.07. The fourth-order valence-electron chi connectivity index (χ4n) is 11.0. The van der Waals surface area contributed by atoms with Crippen LogP contribution in [0.1, 0.15) is 50.2 Å².